The van der Waals surface area contributed by atoms with Crippen LogP contribution in [0.25, 0.3) is 0 Å². The van der Waals surface area contributed by atoms with Crippen LogP contribution >= 0.6 is 0 Å². The summed E-state index contributed by atoms with van der Waals surface area (Å²) in [7, 11) is 0. The Kier molecular flexibility index (Phi) is 1.18. The minimum absolute atomic E-state index is 0.0570. The molecule has 1 saturated carbocycles. The van der Waals surface area contributed by atoms with Crippen LogP contribution in [0.3, 0.4) is 0 Å². The highest BCUT2D eigenvalue weighted by Gasteiger charge is 2.64. The molecule has 0 spiro atoms. The molecule has 2 nitrogen and oxygen atoms in total. The second kappa shape index (κ2) is 2.12. The maximum atomic E-state index is 11.2. The van der Waals surface area contributed by atoms with Crippen molar-refractivity contribution in [3.8, 4) is 0 Å². The van der Waals surface area contributed by atoms with Crippen LogP contribution in [0.5, 0.6) is 0 Å². The summed E-state index contributed by atoms with van der Waals surface area (Å²) in [6, 6.07) is 0. The van der Waals surface area contributed by atoms with E-state index in [4.69, 9.17) is 4.74 Å². The molecule has 2 aliphatic carbocycles. The number of carbonyl (C=O) groups excluding carboxylic acids is 1. The molecule has 12 heavy (non-hydrogen) atoms. The standard InChI is InChI=1S/C10H12O2/c11-10-9-6-4-2-1-3-5-7(12-10)8(6)9/h3,5-9H,1-2,4H2/b5-3-/t6-,7+,8-,9-/m0/s1. The summed E-state index contributed by atoms with van der Waals surface area (Å²) >= 11 is 0. The van der Waals surface area contributed by atoms with Crippen LogP contribution in [0.1, 0.15) is 19.3 Å². The third kappa shape index (κ3) is 0.728. The van der Waals surface area contributed by atoms with E-state index < -0.39 is 0 Å². The molecule has 2 fully saturated rings. The van der Waals surface area contributed by atoms with Crippen molar-refractivity contribution >= 4 is 5.97 Å². The van der Waals surface area contributed by atoms with Gasteiger partial charge in [-0.3, -0.25) is 4.79 Å². The van der Waals surface area contributed by atoms with Crippen molar-refractivity contribution in [2.75, 3.05) is 0 Å². The first kappa shape index (κ1) is 6.70. The summed E-state index contributed by atoms with van der Waals surface area (Å²) in [5.74, 6) is 1.55. The summed E-state index contributed by atoms with van der Waals surface area (Å²) in [5.41, 5.74) is 0. The van der Waals surface area contributed by atoms with Gasteiger partial charge in [0.1, 0.15) is 6.10 Å². The zero-order valence-electron chi connectivity index (χ0n) is 6.90. The number of fused-ring (bicyclic) bond motifs is 1. The lowest BCUT2D eigenvalue weighted by Crippen LogP contribution is -2.15. The Morgan fingerprint density at radius 1 is 1.50 bits per heavy atom. The lowest BCUT2D eigenvalue weighted by molar-refractivity contribution is -0.144. The molecule has 3 aliphatic rings. The van der Waals surface area contributed by atoms with E-state index in [-0.39, 0.29) is 18.0 Å². The molecule has 3 rings (SSSR count). The number of allylic oxidation sites excluding steroid dienone is 1. The Morgan fingerprint density at radius 2 is 2.42 bits per heavy atom. The van der Waals surface area contributed by atoms with Gasteiger partial charge in [-0.25, -0.2) is 0 Å². The summed E-state index contributed by atoms with van der Waals surface area (Å²) < 4.78 is 5.20. The highest BCUT2D eigenvalue weighted by Crippen LogP contribution is 2.58. The third-order valence-electron chi connectivity index (χ3n) is 3.37. The van der Waals surface area contributed by atoms with Crippen molar-refractivity contribution in [3.63, 3.8) is 0 Å². The van der Waals surface area contributed by atoms with Crippen LogP contribution in [0, 0.1) is 17.8 Å². The molecule has 1 heterocycles. The van der Waals surface area contributed by atoms with Gasteiger partial charge in [-0.2, -0.15) is 0 Å². The molecule has 0 aromatic carbocycles. The lowest BCUT2D eigenvalue weighted by Gasteiger charge is -2.13. The maximum Gasteiger partial charge on any atom is 0.310 e. The second-order valence-electron chi connectivity index (χ2n) is 4.03. The SMILES string of the molecule is O=C1O[C@@H]2/C=C\CCC[C@@H]3[C@H]1[C@@H]32. The minimum Gasteiger partial charge on any atom is -0.458 e. The smallest absolute Gasteiger partial charge is 0.310 e. The van der Waals surface area contributed by atoms with Gasteiger partial charge in [0.05, 0.1) is 5.92 Å². The molecule has 0 unspecified atom stereocenters. The molecule has 0 N–H and O–H groups in total. The Morgan fingerprint density at radius 3 is 3.33 bits per heavy atom. The van der Waals surface area contributed by atoms with E-state index in [0.29, 0.717) is 11.8 Å². The molecule has 1 saturated heterocycles. The number of carbonyl (C=O) groups is 1. The second-order valence-corrected chi connectivity index (χ2v) is 4.03. The van der Waals surface area contributed by atoms with Gasteiger partial charge in [0.25, 0.3) is 0 Å². The first-order valence-corrected chi connectivity index (χ1v) is 4.75. The summed E-state index contributed by atoms with van der Waals surface area (Å²) in [5, 5.41) is 0. The van der Waals surface area contributed by atoms with E-state index in [1.807, 2.05) is 0 Å². The van der Waals surface area contributed by atoms with Crippen molar-refractivity contribution in [2.45, 2.75) is 25.4 Å². The maximum absolute atomic E-state index is 11.2. The molecular formula is C10H12O2. The third-order valence-corrected chi connectivity index (χ3v) is 3.37. The molecule has 2 heteroatoms. The van der Waals surface area contributed by atoms with Crippen LogP contribution in [0.15, 0.2) is 12.2 Å². The number of hydrogen-bond acceptors (Lipinski definition) is 2. The van der Waals surface area contributed by atoms with Gasteiger partial charge >= 0.3 is 5.97 Å². The minimum atomic E-state index is 0.0570. The van der Waals surface area contributed by atoms with E-state index in [1.54, 1.807) is 0 Å². The van der Waals surface area contributed by atoms with Crippen LogP contribution < -0.4 is 0 Å². The quantitative estimate of drug-likeness (QED) is 0.400. The highest BCUT2D eigenvalue weighted by molar-refractivity contribution is 5.80. The van der Waals surface area contributed by atoms with Gasteiger partial charge in [-0.1, -0.05) is 6.08 Å². The molecule has 0 bridgehead atoms. The van der Waals surface area contributed by atoms with Gasteiger partial charge in [-0.15, -0.1) is 0 Å². The summed E-state index contributed by atoms with van der Waals surface area (Å²) in [6.07, 6.45) is 8.01. The monoisotopic (exact) mass is 164 g/mol. The fourth-order valence-electron chi connectivity index (χ4n) is 2.71. The predicted molar refractivity (Wildman–Crippen MR) is 43.3 cm³/mol. The van der Waals surface area contributed by atoms with E-state index in [1.165, 1.54) is 12.8 Å². The lowest BCUT2D eigenvalue weighted by atomic mass is 10.0. The van der Waals surface area contributed by atoms with Gasteiger partial charge < -0.3 is 4.74 Å². The van der Waals surface area contributed by atoms with Crippen LogP contribution in [-0.2, 0) is 9.53 Å². The van der Waals surface area contributed by atoms with Crippen LogP contribution in [0.2, 0.25) is 0 Å². The number of hydrogen-bond donors (Lipinski definition) is 0. The van der Waals surface area contributed by atoms with Gasteiger partial charge in [0, 0.05) is 5.92 Å². The van der Waals surface area contributed by atoms with E-state index in [0.717, 1.165) is 6.42 Å². The molecule has 4 atom stereocenters. The zero-order valence-corrected chi connectivity index (χ0v) is 6.90. The number of ether oxygens (including phenoxy) is 1. The Balaban J connectivity index is 1.90. The average molecular weight is 164 g/mol. The molecule has 0 radical (unpaired) electrons. The molecular weight excluding hydrogens is 152 g/mol. The van der Waals surface area contributed by atoms with Crippen molar-refractivity contribution in [3.05, 3.63) is 12.2 Å². The van der Waals surface area contributed by atoms with Gasteiger partial charge in [-0.05, 0) is 31.3 Å². The molecule has 1 aliphatic heterocycles. The van der Waals surface area contributed by atoms with Crippen molar-refractivity contribution in [2.24, 2.45) is 17.8 Å². The van der Waals surface area contributed by atoms with Crippen LogP contribution in [-0.4, -0.2) is 12.1 Å². The fourth-order valence-corrected chi connectivity index (χ4v) is 2.71. The molecule has 0 aromatic rings. The zero-order chi connectivity index (χ0) is 8.13. The Hall–Kier alpha value is -0.790. The van der Waals surface area contributed by atoms with Crippen molar-refractivity contribution in [1.82, 2.24) is 0 Å². The highest BCUT2D eigenvalue weighted by atomic mass is 16.6. The Labute approximate surface area is 71.6 Å². The molecule has 64 valence electrons. The largest absolute Gasteiger partial charge is 0.458 e. The summed E-state index contributed by atoms with van der Waals surface area (Å²) in [4.78, 5) is 11.2. The van der Waals surface area contributed by atoms with Gasteiger partial charge in [0.2, 0.25) is 0 Å². The summed E-state index contributed by atoms with van der Waals surface area (Å²) in [6.45, 7) is 0. The topological polar surface area (TPSA) is 26.3 Å². The molecule has 0 aromatic heterocycles. The fraction of sp³-hybridized carbons (Fsp3) is 0.700. The van der Waals surface area contributed by atoms with Crippen molar-refractivity contribution in [1.29, 1.82) is 0 Å². The molecule has 0 amide bonds. The average Bonchev–Trinajstić information content (AvgIpc) is 2.63. The van der Waals surface area contributed by atoms with E-state index in [9.17, 15) is 4.79 Å². The van der Waals surface area contributed by atoms with Gasteiger partial charge in [0.15, 0.2) is 0 Å². The first-order chi connectivity index (χ1) is 5.88. The van der Waals surface area contributed by atoms with E-state index >= 15 is 0 Å². The Bertz CT molecular complexity index is 257. The number of esters is 1. The van der Waals surface area contributed by atoms with Crippen LogP contribution in [0.4, 0.5) is 0 Å². The predicted octanol–water partition coefficient (Wildman–Crippen LogP) is 1.51. The normalized spacial score (nSPS) is 51.8. The van der Waals surface area contributed by atoms with E-state index in [2.05, 4.69) is 12.2 Å². The van der Waals surface area contributed by atoms with Crippen molar-refractivity contribution < 1.29 is 9.53 Å². The first-order valence-electron chi connectivity index (χ1n) is 4.75. The number of rotatable bonds is 0.